The molecule has 7 nitrogen and oxygen atoms in total. The number of hydrogen-bond donors (Lipinski definition) is 0. The summed E-state index contributed by atoms with van der Waals surface area (Å²) >= 11 is 6.16. The van der Waals surface area contributed by atoms with Gasteiger partial charge in [-0.1, -0.05) is 11.6 Å². The van der Waals surface area contributed by atoms with E-state index in [0.717, 1.165) is 25.2 Å². The number of esters is 1. The first-order valence-electron chi connectivity index (χ1n) is 10.2. The molecular formula is C22H30ClN3O4. The first kappa shape index (κ1) is 22.6. The van der Waals surface area contributed by atoms with Gasteiger partial charge >= 0.3 is 5.97 Å². The second-order valence-electron chi connectivity index (χ2n) is 8.55. The molecule has 1 amide bonds. The maximum absolute atomic E-state index is 12.9. The second-order valence-corrected chi connectivity index (χ2v) is 8.99. The van der Waals surface area contributed by atoms with Gasteiger partial charge in [-0.2, -0.15) is 0 Å². The molecule has 1 saturated heterocycles. The number of halogens is 1. The summed E-state index contributed by atoms with van der Waals surface area (Å²) in [6.45, 7) is 10.3. The van der Waals surface area contributed by atoms with Crippen molar-refractivity contribution in [2.45, 2.75) is 32.9 Å². The highest BCUT2D eigenvalue weighted by Crippen LogP contribution is 2.27. The molecule has 0 radical (unpaired) electrons. The van der Waals surface area contributed by atoms with E-state index in [0.29, 0.717) is 35.7 Å². The molecule has 0 saturated carbocycles. The van der Waals surface area contributed by atoms with Crippen LogP contribution in [-0.4, -0.2) is 78.3 Å². The third kappa shape index (κ3) is 5.53. The summed E-state index contributed by atoms with van der Waals surface area (Å²) in [7, 11) is 1.69. The fourth-order valence-corrected chi connectivity index (χ4v) is 3.76. The van der Waals surface area contributed by atoms with Gasteiger partial charge in [0.1, 0.15) is 12.1 Å². The lowest BCUT2D eigenvalue weighted by Crippen LogP contribution is -2.50. The Kier molecular flexibility index (Phi) is 7.06. The van der Waals surface area contributed by atoms with Crippen molar-refractivity contribution in [3.05, 3.63) is 35.0 Å². The van der Waals surface area contributed by atoms with Crippen molar-refractivity contribution in [3.63, 3.8) is 0 Å². The smallest absolute Gasteiger partial charge is 0.340 e. The van der Waals surface area contributed by atoms with E-state index >= 15 is 0 Å². The van der Waals surface area contributed by atoms with Crippen LogP contribution in [0, 0.1) is 0 Å². The predicted octanol–water partition coefficient (Wildman–Crippen LogP) is 3.04. The first-order chi connectivity index (χ1) is 14.2. The molecule has 2 heterocycles. The van der Waals surface area contributed by atoms with Crippen molar-refractivity contribution >= 4 is 34.4 Å². The molecule has 3 rings (SSSR count). The number of benzene rings is 1. The largest absolute Gasteiger partial charge is 0.456 e. The van der Waals surface area contributed by atoms with Crippen LogP contribution in [0.4, 0.5) is 0 Å². The van der Waals surface area contributed by atoms with Gasteiger partial charge in [0.05, 0.1) is 12.2 Å². The molecule has 30 heavy (non-hydrogen) atoms. The average Bonchev–Trinajstić information content (AvgIpc) is 3.03. The highest BCUT2D eigenvalue weighted by Gasteiger charge is 2.25. The second kappa shape index (κ2) is 9.37. The molecule has 0 atom stereocenters. The molecule has 8 heteroatoms. The van der Waals surface area contributed by atoms with Crippen molar-refractivity contribution in [1.82, 2.24) is 14.4 Å². The standard InChI is InChI=1S/C22H30ClN3O4/c1-22(2,3)30-21(28)18-14-26(19-6-5-16(23)13-17(18)19)15-20(27)25-9-7-24(8-10-25)11-12-29-4/h5-6,13-14H,7-12,15H2,1-4H3. The number of fused-ring (bicyclic) bond motifs is 1. The predicted molar refractivity (Wildman–Crippen MR) is 117 cm³/mol. The van der Waals surface area contributed by atoms with Crippen LogP contribution >= 0.6 is 11.6 Å². The van der Waals surface area contributed by atoms with Gasteiger partial charge in [-0.05, 0) is 39.0 Å². The number of carbonyl (C=O) groups is 2. The zero-order chi connectivity index (χ0) is 21.9. The normalized spacial score (nSPS) is 15.6. The van der Waals surface area contributed by atoms with Gasteiger partial charge in [-0.15, -0.1) is 0 Å². The Hall–Kier alpha value is -2.09. The maximum atomic E-state index is 12.9. The topological polar surface area (TPSA) is 64.0 Å². The molecule has 0 spiro atoms. The minimum absolute atomic E-state index is 0.0315. The van der Waals surface area contributed by atoms with Gasteiger partial charge in [0.2, 0.25) is 5.91 Å². The maximum Gasteiger partial charge on any atom is 0.340 e. The molecular weight excluding hydrogens is 406 g/mol. The van der Waals surface area contributed by atoms with Crippen LogP contribution in [0.5, 0.6) is 0 Å². The number of nitrogens with zero attached hydrogens (tertiary/aromatic N) is 3. The molecule has 1 aliphatic rings. The minimum atomic E-state index is -0.609. The van der Waals surface area contributed by atoms with E-state index in [-0.39, 0.29) is 12.5 Å². The molecule has 1 aromatic heterocycles. The summed E-state index contributed by atoms with van der Waals surface area (Å²) in [6.07, 6.45) is 1.70. The Labute approximate surface area is 182 Å². The minimum Gasteiger partial charge on any atom is -0.456 e. The SMILES string of the molecule is COCCN1CCN(C(=O)Cn2cc(C(=O)OC(C)(C)C)c3cc(Cl)ccc32)CC1. The highest BCUT2D eigenvalue weighted by molar-refractivity contribution is 6.31. The molecule has 0 unspecified atom stereocenters. The van der Waals surface area contributed by atoms with E-state index in [9.17, 15) is 9.59 Å². The molecule has 1 fully saturated rings. The van der Waals surface area contributed by atoms with Crippen molar-refractivity contribution in [2.75, 3.05) is 46.4 Å². The van der Waals surface area contributed by atoms with Crippen LogP contribution in [0.25, 0.3) is 10.9 Å². The van der Waals surface area contributed by atoms with E-state index in [1.165, 1.54) is 0 Å². The molecule has 1 aromatic carbocycles. The number of rotatable bonds is 6. The van der Waals surface area contributed by atoms with Gasteiger partial charge < -0.3 is 18.9 Å². The van der Waals surface area contributed by atoms with Crippen LogP contribution in [0.3, 0.4) is 0 Å². The zero-order valence-electron chi connectivity index (χ0n) is 18.1. The van der Waals surface area contributed by atoms with Gasteiger partial charge in [0, 0.05) is 62.0 Å². The number of methoxy groups -OCH3 is 1. The van der Waals surface area contributed by atoms with Crippen molar-refractivity contribution in [1.29, 1.82) is 0 Å². The number of piperazine rings is 1. The Morgan fingerprint density at radius 1 is 1.13 bits per heavy atom. The third-order valence-corrected chi connectivity index (χ3v) is 5.34. The molecule has 0 aliphatic carbocycles. The van der Waals surface area contributed by atoms with Crippen molar-refractivity contribution in [2.24, 2.45) is 0 Å². The first-order valence-corrected chi connectivity index (χ1v) is 10.6. The Balaban J connectivity index is 1.76. The number of carbonyl (C=O) groups excluding carboxylic acids is 2. The lowest BCUT2D eigenvalue weighted by molar-refractivity contribution is -0.133. The number of ether oxygens (including phenoxy) is 2. The Morgan fingerprint density at radius 2 is 1.83 bits per heavy atom. The Bertz CT molecular complexity index is 911. The lowest BCUT2D eigenvalue weighted by Gasteiger charge is -2.34. The van der Waals surface area contributed by atoms with E-state index in [4.69, 9.17) is 21.1 Å². The van der Waals surface area contributed by atoms with Gasteiger partial charge in [0.15, 0.2) is 0 Å². The Morgan fingerprint density at radius 3 is 2.47 bits per heavy atom. The fourth-order valence-electron chi connectivity index (χ4n) is 3.58. The molecule has 1 aliphatic heterocycles. The summed E-state index contributed by atoms with van der Waals surface area (Å²) < 4.78 is 12.5. The van der Waals surface area contributed by atoms with E-state index in [2.05, 4.69) is 4.90 Å². The van der Waals surface area contributed by atoms with Crippen LogP contribution in [-0.2, 0) is 20.8 Å². The average molecular weight is 436 g/mol. The van der Waals surface area contributed by atoms with E-state index in [1.807, 2.05) is 36.3 Å². The van der Waals surface area contributed by atoms with Crippen molar-refractivity contribution in [3.8, 4) is 0 Å². The number of aromatic nitrogens is 1. The summed E-state index contributed by atoms with van der Waals surface area (Å²) in [5, 5.41) is 1.22. The summed E-state index contributed by atoms with van der Waals surface area (Å²) in [5.41, 5.74) is 0.592. The lowest BCUT2D eigenvalue weighted by atomic mass is 10.1. The van der Waals surface area contributed by atoms with Crippen LogP contribution in [0.15, 0.2) is 24.4 Å². The van der Waals surface area contributed by atoms with E-state index in [1.54, 1.807) is 25.4 Å². The summed E-state index contributed by atoms with van der Waals surface area (Å²) in [4.78, 5) is 29.8. The number of hydrogen-bond acceptors (Lipinski definition) is 5. The third-order valence-electron chi connectivity index (χ3n) is 5.10. The summed E-state index contributed by atoms with van der Waals surface area (Å²) in [6, 6.07) is 5.34. The summed E-state index contributed by atoms with van der Waals surface area (Å²) in [5.74, 6) is -0.392. The molecule has 2 aromatic rings. The van der Waals surface area contributed by atoms with Crippen LogP contribution < -0.4 is 0 Å². The quantitative estimate of drug-likeness (QED) is 0.652. The van der Waals surface area contributed by atoms with Gasteiger partial charge in [-0.25, -0.2) is 4.79 Å². The van der Waals surface area contributed by atoms with Crippen molar-refractivity contribution < 1.29 is 19.1 Å². The number of amides is 1. The van der Waals surface area contributed by atoms with Crippen LogP contribution in [0.1, 0.15) is 31.1 Å². The highest BCUT2D eigenvalue weighted by atomic mass is 35.5. The van der Waals surface area contributed by atoms with Gasteiger partial charge in [-0.3, -0.25) is 9.69 Å². The molecule has 0 N–H and O–H groups in total. The molecule has 0 bridgehead atoms. The van der Waals surface area contributed by atoms with Gasteiger partial charge in [0.25, 0.3) is 0 Å². The fraction of sp³-hybridized carbons (Fsp3) is 0.545. The molecule has 164 valence electrons. The van der Waals surface area contributed by atoms with E-state index < -0.39 is 11.6 Å². The monoisotopic (exact) mass is 435 g/mol. The zero-order valence-corrected chi connectivity index (χ0v) is 18.9. The van der Waals surface area contributed by atoms with Crippen LogP contribution in [0.2, 0.25) is 5.02 Å².